The molecule has 3 rings (SSSR count). The Balaban J connectivity index is 1.91. The van der Waals surface area contributed by atoms with E-state index in [4.69, 9.17) is 0 Å². The van der Waals surface area contributed by atoms with E-state index in [0.717, 1.165) is 18.4 Å². The first kappa shape index (κ1) is 16.2. The fraction of sp³-hybridized carbons (Fsp3) is 0.368. The summed E-state index contributed by atoms with van der Waals surface area (Å²) >= 11 is 0. The first-order valence-electron chi connectivity index (χ1n) is 8.17. The Morgan fingerprint density at radius 1 is 1.00 bits per heavy atom. The van der Waals surface area contributed by atoms with Crippen LogP contribution in [0.25, 0.3) is 0 Å². The van der Waals surface area contributed by atoms with Crippen LogP contribution in [-0.2, 0) is 10.0 Å². The van der Waals surface area contributed by atoms with E-state index in [2.05, 4.69) is 38.1 Å². The van der Waals surface area contributed by atoms with Gasteiger partial charge in [-0.15, -0.1) is 0 Å². The van der Waals surface area contributed by atoms with Gasteiger partial charge in [0.15, 0.2) is 0 Å². The van der Waals surface area contributed by atoms with Crippen LogP contribution in [0.3, 0.4) is 0 Å². The third-order valence-electron chi connectivity index (χ3n) is 4.54. The first-order valence-corrected chi connectivity index (χ1v) is 9.61. The molecule has 0 aliphatic carbocycles. The summed E-state index contributed by atoms with van der Waals surface area (Å²) < 4.78 is 27.5. The van der Waals surface area contributed by atoms with Gasteiger partial charge >= 0.3 is 0 Å². The molecule has 1 heterocycles. The lowest BCUT2D eigenvalue weighted by Crippen LogP contribution is -2.30. The van der Waals surface area contributed by atoms with Crippen molar-refractivity contribution in [1.82, 2.24) is 4.31 Å². The summed E-state index contributed by atoms with van der Waals surface area (Å²) in [7, 11) is -3.43. The number of benzene rings is 2. The van der Waals surface area contributed by atoms with E-state index in [9.17, 15) is 8.42 Å². The maximum Gasteiger partial charge on any atom is 0.243 e. The number of hydrogen-bond donors (Lipinski definition) is 0. The Morgan fingerprint density at radius 3 is 2.26 bits per heavy atom. The van der Waals surface area contributed by atoms with E-state index in [0.29, 0.717) is 17.4 Å². The Kier molecular flexibility index (Phi) is 4.55. The quantitative estimate of drug-likeness (QED) is 0.837. The zero-order chi connectivity index (χ0) is 16.4. The molecule has 1 saturated heterocycles. The third-order valence-corrected chi connectivity index (χ3v) is 6.46. The Morgan fingerprint density at radius 2 is 1.65 bits per heavy atom. The SMILES string of the molecule is CC(C)c1ccc(C2CCCN2S(=O)(=O)c2ccccc2)cc1. The summed E-state index contributed by atoms with van der Waals surface area (Å²) in [6.07, 6.45) is 1.79. The summed E-state index contributed by atoms with van der Waals surface area (Å²) in [4.78, 5) is 0.380. The maximum absolute atomic E-state index is 12.9. The molecule has 1 atom stereocenters. The molecule has 2 aromatic carbocycles. The van der Waals surface area contributed by atoms with Crippen molar-refractivity contribution < 1.29 is 8.42 Å². The van der Waals surface area contributed by atoms with Crippen molar-refractivity contribution in [3.63, 3.8) is 0 Å². The summed E-state index contributed by atoms with van der Waals surface area (Å²) in [5.41, 5.74) is 2.37. The molecule has 0 saturated carbocycles. The molecule has 3 nitrogen and oxygen atoms in total. The number of sulfonamides is 1. The lowest BCUT2D eigenvalue weighted by atomic mass is 9.98. The molecule has 0 aromatic heterocycles. The van der Waals surface area contributed by atoms with Crippen molar-refractivity contribution in [2.45, 2.75) is 43.5 Å². The first-order chi connectivity index (χ1) is 11.0. The van der Waals surface area contributed by atoms with Gasteiger partial charge in [-0.3, -0.25) is 0 Å². The molecule has 0 radical (unpaired) electrons. The zero-order valence-corrected chi connectivity index (χ0v) is 14.5. The van der Waals surface area contributed by atoms with Gasteiger partial charge in [0, 0.05) is 6.54 Å². The largest absolute Gasteiger partial charge is 0.243 e. The highest BCUT2D eigenvalue weighted by Gasteiger charge is 2.35. The molecule has 0 amide bonds. The van der Waals surface area contributed by atoms with Gasteiger partial charge in [0.2, 0.25) is 10.0 Å². The Bertz CT molecular complexity index is 752. The molecule has 1 aliphatic rings. The van der Waals surface area contributed by atoms with Gasteiger partial charge in [0.05, 0.1) is 10.9 Å². The van der Waals surface area contributed by atoms with E-state index in [1.54, 1.807) is 28.6 Å². The second-order valence-electron chi connectivity index (χ2n) is 6.41. The number of rotatable bonds is 4. The van der Waals surface area contributed by atoms with E-state index >= 15 is 0 Å². The van der Waals surface area contributed by atoms with Gasteiger partial charge in [-0.2, -0.15) is 4.31 Å². The maximum atomic E-state index is 12.9. The number of hydrogen-bond acceptors (Lipinski definition) is 2. The van der Waals surface area contributed by atoms with Crippen molar-refractivity contribution in [1.29, 1.82) is 0 Å². The highest BCUT2D eigenvalue weighted by molar-refractivity contribution is 7.89. The molecule has 23 heavy (non-hydrogen) atoms. The van der Waals surface area contributed by atoms with Gasteiger partial charge in [0.25, 0.3) is 0 Å². The van der Waals surface area contributed by atoms with Crippen molar-refractivity contribution in [3.05, 3.63) is 65.7 Å². The molecule has 0 bridgehead atoms. The summed E-state index contributed by atoms with van der Waals surface area (Å²) in [5, 5.41) is 0. The standard InChI is InChI=1S/C19H23NO2S/c1-15(2)16-10-12-17(13-11-16)19-9-6-14-20(19)23(21,22)18-7-4-3-5-8-18/h3-5,7-8,10-13,15,19H,6,9,14H2,1-2H3. The minimum Gasteiger partial charge on any atom is -0.207 e. The van der Waals surface area contributed by atoms with E-state index in [-0.39, 0.29) is 6.04 Å². The van der Waals surface area contributed by atoms with Crippen LogP contribution in [0.1, 0.15) is 49.8 Å². The monoisotopic (exact) mass is 329 g/mol. The molecular formula is C19H23NO2S. The normalized spacial score (nSPS) is 19.3. The lowest BCUT2D eigenvalue weighted by Gasteiger charge is -2.24. The smallest absolute Gasteiger partial charge is 0.207 e. The molecule has 2 aromatic rings. The molecule has 4 heteroatoms. The van der Waals surface area contributed by atoms with Crippen LogP contribution in [0.5, 0.6) is 0 Å². The van der Waals surface area contributed by atoms with E-state index in [1.165, 1.54) is 5.56 Å². The molecular weight excluding hydrogens is 306 g/mol. The van der Waals surface area contributed by atoms with Crippen molar-refractivity contribution in [2.75, 3.05) is 6.54 Å². The van der Waals surface area contributed by atoms with Gasteiger partial charge in [-0.05, 0) is 42.0 Å². The molecule has 1 aliphatic heterocycles. The van der Waals surface area contributed by atoms with Crippen LogP contribution in [0.4, 0.5) is 0 Å². The van der Waals surface area contributed by atoms with Gasteiger partial charge in [-0.25, -0.2) is 8.42 Å². The van der Waals surface area contributed by atoms with Gasteiger partial charge in [-0.1, -0.05) is 56.3 Å². The fourth-order valence-corrected chi connectivity index (χ4v) is 4.90. The predicted octanol–water partition coefficient (Wildman–Crippen LogP) is 4.34. The highest BCUT2D eigenvalue weighted by atomic mass is 32.2. The molecule has 0 N–H and O–H groups in total. The Labute approximate surface area is 139 Å². The van der Waals surface area contributed by atoms with Gasteiger partial charge in [0.1, 0.15) is 0 Å². The van der Waals surface area contributed by atoms with Crippen LogP contribution in [0.2, 0.25) is 0 Å². The fourth-order valence-electron chi connectivity index (χ4n) is 3.19. The predicted molar refractivity (Wildman–Crippen MR) is 92.8 cm³/mol. The average molecular weight is 329 g/mol. The van der Waals surface area contributed by atoms with Crippen LogP contribution in [0, 0.1) is 0 Å². The van der Waals surface area contributed by atoms with E-state index in [1.807, 2.05) is 6.07 Å². The summed E-state index contributed by atoms with van der Waals surface area (Å²) in [6, 6.07) is 17.1. The molecule has 1 unspecified atom stereocenters. The third kappa shape index (κ3) is 3.19. The van der Waals surface area contributed by atoms with Crippen molar-refractivity contribution in [2.24, 2.45) is 0 Å². The van der Waals surface area contributed by atoms with Crippen LogP contribution in [0.15, 0.2) is 59.5 Å². The minimum atomic E-state index is -3.43. The van der Waals surface area contributed by atoms with Gasteiger partial charge < -0.3 is 0 Å². The Hall–Kier alpha value is -1.65. The second-order valence-corrected chi connectivity index (χ2v) is 8.30. The van der Waals surface area contributed by atoms with E-state index < -0.39 is 10.0 Å². The molecule has 122 valence electrons. The van der Waals surface area contributed by atoms with Crippen molar-refractivity contribution >= 4 is 10.0 Å². The van der Waals surface area contributed by atoms with Crippen LogP contribution >= 0.6 is 0 Å². The van der Waals surface area contributed by atoms with Crippen LogP contribution in [-0.4, -0.2) is 19.3 Å². The minimum absolute atomic E-state index is 0.0542. The highest BCUT2D eigenvalue weighted by Crippen LogP contribution is 2.36. The molecule has 0 spiro atoms. The zero-order valence-electron chi connectivity index (χ0n) is 13.6. The second kappa shape index (κ2) is 6.46. The average Bonchev–Trinajstić information content (AvgIpc) is 3.06. The van der Waals surface area contributed by atoms with Crippen LogP contribution < -0.4 is 0 Å². The topological polar surface area (TPSA) is 37.4 Å². The van der Waals surface area contributed by atoms with Crippen molar-refractivity contribution in [3.8, 4) is 0 Å². The molecule has 1 fully saturated rings. The summed E-state index contributed by atoms with van der Waals surface area (Å²) in [6.45, 7) is 4.92. The summed E-state index contributed by atoms with van der Waals surface area (Å²) in [5.74, 6) is 0.483. The number of nitrogens with zero attached hydrogens (tertiary/aromatic N) is 1. The lowest BCUT2D eigenvalue weighted by molar-refractivity contribution is 0.396.